The summed E-state index contributed by atoms with van der Waals surface area (Å²) in [6.45, 7) is 4.00. The van der Waals surface area contributed by atoms with Crippen LogP contribution < -0.4 is 5.49 Å². The van der Waals surface area contributed by atoms with Crippen LogP contribution in [-0.2, 0) is 4.79 Å². The van der Waals surface area contributed by atoms with Gasteiger partial charge in [0.25, 0.3) is 0 Å². The van der Waals surface area contributed by atoms with Gasteiger partial charge in [-0.1, -0.05) is 13.8 Å². The molecular weight excluding hydrogens is 186 g/mol. The molecule has 1 aromatic rings. The van der Waals surface area contributed by atoms with Gasteiger partial charge in [-0.05, 0) is 24.1 Å². The van der Waals surface area contributed by atoms with E-state index < -0.39 is 0 Å². The summed E-state index contributed by atoms with van der Waals surface area (Å²) in [6, 6.07) is 3.45. The first kappa shape index (κ1) is 11.9. The lowest BCUT2D eigenvalue weighted by Gasteiger charge is -1.96. The summed E-state index contributed by atoms with van der Waals surface area (Å²) in [5.41, 5.74) is 0.551. The Hall–Kier alpha value is -1.10. The summed E-state index contributed by atoms with van der Waals surface area (Å²) in [5.74, 6) is 0. The Labute approximate surface area is 81.8 Å². The van der Waals surface area contributed by atoms with Crippen molar-refractivity contribution < 1.29 is 4.79 Å². The summed E-state index contributed by atoms with van der Waals surface area (Å²) >= 11 is 1.39. The van der Waals surface area contributed by atoms with Crippen molar-refractivity contribution in [3.05, 3.63) is 23.8 Å². The molecule has 0 spiro atoms. The normalized spacial score (nSPS) is 10.2. The molecule has 0 N–H and O–H groups in total. The van der Waals surface area contributed by atoms with Gasteiger partial charge < -0.3 is 0 Å². The predicted octanol–water partition coefficient (Wildman–Crippen LogP) is 1.09. The maximum Gasteiger partial charge on any atom is 0.234 e. The van der Waals surface area contributed by atoms with Gasteiger partial charge in [0.05, 0.1) is 0 Å². The zero-order valence-corrected chi connectivity index (χ0v) is 8.78. The minimum absolute atomic E-state index is 0.504. The molecule has 0 aliphatic heterocycles. The van der Waals surface area contributed by atoms with Gasteiger partial charge in [0.2, 0.25) is 6.41 Å². The molecule has 1 rings (SSSR count). The average Bonchev–Trinajstić information content (AvgIpc) is 2.22. The fourth-order valence-electron chi connectivity index (χ4n) is 0.638. The van der Waals surface area contributed by atoms with Gasteiger partial charge in [0.1, 0.15) is 0 Å². The summed E-state index contributed by atoms with van der Waals surface area (Å²) < 4.78 is 1.56. The summed E-state index contributed by atoms with van der Waals surface area (Å²) in [7, 11) is 0. The van der Waals surface area contributed by atoms with Crippen LogP contribution in [0.25, 0.3) is 0 Å². The number of carbonyl (C=O) groups is 1. The average molecular weight is 199 g/mol. The lowest BCUT2D eigenvalue weighted by Crippen LogP contribution is -2.17. The standard InChI is InChI=1S/C6H7N3OS.C2H6/c1-11-9-6(7-5-10)3-2-4-8-9;1-2/h2-5H,1H3;1-2H3. The van der Waals surface area contributed by atoms with Crippen LogP contribution >= 0.6 is 11.9 Å². The van der Waals surface area contributed by atoms with Crippen molar-refractivity contribution in [3.63, 3.8) is 0 Å². The quantitative estimate of drug-likeness (QED) is 0.670. The van der Waals surface area contributed by atoms with Crippen LogP contribution in [0.2, 0.25) is 0 Å². The number of aromatic nitrogens is 2. The topological polar surface area (TPSA) is 47.2 Å². The molecule has 1 heterocycles. The molecule has 0 atom stereocenters. The molecule has 0 aromatic carbocycles. The lowest BCUT2D eigenvalue weighted by atomic mass is 10.6. The Kier molecular flexibility index (Phi) is 6.91. The first-order valence-electron chi connectivity index (χ1n) is 3.95. The van der Waals surface area contributed by atoms with E-state index in [-0.39, 0.29) is 0 Å². The van der Waals surface area contributed by atoms with Gasteiger partial charge in [-0.15, -0.1) is 0 Å². The molecule has 0 fully saturated rings. The highest BCUT2D eigenvalue weighted by Crippen LogP contribution is 1.88. The van der Waals surface area contributed by atoms with E-state index in [1.54, 1.807) is 22.4 Å². The second kappa shape index (κ2) is 7.54. The van der Waals surface area contributed by atoms with Crippen LogP contribution in [0, 0.1) is 0 Å². The number of nitrogens with zero attached hydrogens (tertiary/aromatic N) is 3. The Bertz CT molecular complexity index is 308. The zero-order chi connectivity index (χ0) is 10.1. The number of carbonyl (C=O) groups excluding carboxylic acids is 1. The number of hydrogen-bond acceptors (Lipinski definition) is 3. The van der Waals surface area contributed by atoms with Crippen LogP contribution in [0.4, 0.5) is 0 Å². The van der Waals surface area contributed by atoms with Crippen LogP contribution in [0.3, 0.4) is 0 Å². The summed E-state index contributed by atoms with van der Waals surface area (Å²) in [5, 5.41) is 3.94. The van der Waals surface area contributed by atoms with Crippen molar-refractivity contribution in [2.24, 2.45) is 4.99 Å². The zero-order valence-electron chi connectivity index (χ0n) is 7.97. The number of amides is 1. The molecule has 0 saturated heterocycles. The maximum atomic E-state index is 10.0. The Morgan fingerprint density at radius 3 is 2.85 bits per heavy atom. The van der Waals surface area contributed by atoms with Gasteiger partial charge in [0, 0.05) is 12.5 Å². The van der Waals surface area contributed by atoms with Crippen LogP contribution in [0.15, 0.2) is 23.3 Å². The Balaban J connectivity index is 0.000000671. The van der Waals surface area contributed by atoms with E-state index >= 15 is 0 Å². The molecular formula is C8H13N3OS. The second-order valence-electron chi connectivity index (χ2n) is 1.67. The molecule has 0 radical (unpaired) electrons. The van der Waals surface area contributed by atoms with Crippen molar-refractivity contribution >= 4 is 18.4 Å². The fourth-order valence-corrected chi connectivity index (χ4v) is 1.08. The van der Waals surface area contributed by atoms with Crippen LogP contribution in [0.1, 0.15) is 13.8 Å². The van der Waals surface area contributed by atoms with Gasteiger partial charge in [-0.3, -0.25) is 4.79 Å². The molecule has 4 nitrogen and oxygen atoms in total. The highest BCUT2D eigenvalue weighted by molar-refractivity contribution is 7.97. The van der Waals surface area contributed by atoms with Crippen molar-refractivity contribution in [1.29, 1.82) is 0 Å². The predicted molar refractivity (Wildman–Crippen MR) is 54.1 cm³/mol. The Morgan fingerprint density at radius 1 is 1.62 bits per heavy atom. The highest BCUT2D eigenvalue weighted by Gasteiger charge is 1.87. The molecule has 5 heteroatoms. The van der Waals surface area contributed by atoms with Crippen molar-refractivity contribution in [3.8, 4) is 0 Å². The minimum Gasteiger partial charge on any atom is -0.276 e. The monoisotopic (exact) mass is 199 g/mol. The van der Waals surface area contributed by atoms with Gasteiger partial charge >= 0.3 is 0 Å². The van der Waals surface area contributed by atoms with E-state index in [2.05, 4.69) is 10.1 Å². The fraction of sp³-hybridized carbons (Fsp3) is 0.375. The van der Waals surface area contributed by atoms with Crippen molar-refractivity contribution in [2.75, 3.05) is 6.26 Å². The number of rotatable bonds is 2. The molecule has 1 amide bonds. The first-order valence-corrected chi connectivity index (χ1v) is 5.13. The highest BCUT2D eigenvalue weighted by atomic mass is 32.2. The van der Waals surface area contributed by atoms with Gasteiger partial charge in [-0.25, -0.2) is 0 Å². The summed E-state index contributed by atoms with van der Waals surface area (Å²) in [4.78, 5) is 13.6. The molecule has 0 saturated carbocycles. The molecule has 13 heavy (non-hydrogen) atoms. The second-order valence-corrected chi connectivity index (χ2v) is 2.38. The molecule has 0 aliphatic rings. The minimum atomic E-state index is 0.504. The van der Waals surface area contributed by atoms with E-state index in [1.807, 2.05) is 20.1 Å². The smallest absolute Gasteiger partial charge is 0.234 e. The van der Waals surface area contributed by atoms with E-state index in [1.165, 1.54) is 11.9 Å². The Morgan fingerprint density at radius 2 is 2.31 bits per heavy atom. The van der Waals surface area contributed by atoms with Gasteiger partial charge in [0.15, 0.2) is 5.49 Å². The third-order valence-corrected chi connectivity index (χ3v) is 1.68. The molecule has 0 bridgehead atoms. The van der Waals surface area contributed by atoms with Crippen molar-refractivity contribution in [2.45, 2.75) is 13.8 Å². The molecule has 72 valence electrons. The molecule has 0 aliphatic carbocycles. The third-order valence-electron chi connectivity index (χ3n) is 1.06. The maximum absolute atomic E-state index is 10.0. The summed E-state index contributed by atoms with van der Waals surface area (Å²) in [6.07, 6.45) is 4.00. The largest absolute Gasteiger partial charge is 0.276 e. The van der Waals surface area contributed by atoms with Crippen LogP contribution in [0.5, 0.6) is 0 Å². The van der Waals surface area contributed by atoms with Crippen LogP contribution in [-0.4, -0.2) is 21.9 Å². The molecule has 1 aromatic heterocycles. The van der Waals surface area contributed by atoms with E-state index in [0.717, 1.165) is 0 Å². The van der Waals surface area contributed by atoms with Gasteiger partial charge in [-0.2, -0.15) is 14.2 Å². The first-order chi connectivity index (χ1) is 6.38. The van der Waals surface area contributed by atoms with E-state index in [9.17, 15) is 4.79 Å². The molecule has 0 unspecified atom stereocenters. The number of hydrogen-bond donors (Lipinski definition) is 0. The van der Waals surface area contributed by atoms with E-state index in [4.69, 9.17) is 0 Å². The van der Waals surface area contributed by atoms with Crippen molar-refractivity contribution in [1.82, 2.24) is 9.19 Å². The van der Waals surface area contributed by atoms with E-state index in [0.29, 0.717) is 11.9 Å². The third kappa shape index (κ3) is 3.89. The lowest BCUT2D eigenvalue weighted by molar-refractivity contribution is -0.107. The SMILES string of the molecule is CC.CSn1ncccc1=NC=O.